The molecule has 1 aromatic carbocycles. The summed E-state index contributed by atoms with van der Waals surface area (Å²) in [7, 11) is 0. The van der Waals surface area contributed by atoms with E-state index in [9.17, 15) is 4.79 Å². The van der Waals surface area contributed by atoms with Crippen LogP contribution in [0.1, 0.15) is 39.2 Å². The smallest absolute Gasteiger partial charge is 0.314 e. The van der Waals surface area contributed by atoms with E-state index in [1.165, 1.54) is 5.56 Å². The van der Waals surface area contributed by atoms with Gasteiger partial charge in [-0.2, -0.15) is 0 Å². The van der Waals surface area contributed by atoms with Crippen molar-refractivity contribution in [2.24, 2.45) is 0 Å². The number of nitrogens with one attached hydrogen (secondary N) is 2. The number of hydrogen-bond acceptors (Lipinski definition) is 2. The third-order valence-electron chi connectivity index (χ3n) is 3.26. The molecule has 4 nitrogen and oxygen atoms in total. The highest BCUT2D eigenvalue weighted by Gasteiger charge is 2.15. The first kappa shape index (κ1) is 20.1. The van der Waals surface area contributed by atoms with E-state index in [1.54, 1.807) is 0 Å². The summed E-state index contributed by atoms with van der Waals surface area (Å²) in [5.74, 6) is 1.38. The van der Waals surface area contributed by atoms with Gasteiger partial charge in [0.05, 0.1) is 11.1 Å². The zero-order valence-electron chi connectivity index (χ0n) is 14.0. The van der Waals surface area contributed by atoms with E-state index in [0.29, 0.717) is 25.6 Å². The van der Waals surface area contributed by atoms with Gasteiger partial charge in [0, 0.05) is 19.0 Å². The van der Waals surface area contributed by atoms with E-state index < -0.39 is 0 Å². The van der Waals surface area contributed by atoms with Crippen molar-refractivity contribution in [3.63, 3.8) is 0 Å². The quantitative estimate of drug-likeness (QED) is 0.496. The Kier molecular flexibility index (Phi) is 8.77. The van der Waals surface area contributed by atoms with Gasteiger partial charge < -0.3 is 15.4 Å². The molecule has 6 heteroatoms. The molecule has 0 atom stereocenters. The molecule has 1 aromatic rings. The van der Waals surface area contributed by atoms with Crippen LogP contribution in [0.25, 0.3) is 0 Å². The highest BCUT2D eigenvalue weighted by molar-refractivity contribution is 9.10. The molecule has 0 aromatic heterocycles. The van der Waals surface area contributed by atoms with Crippen molar-refractivity contribution >= 4 is 33.6 Å². The Labute approximate surface area is 152 Å². The van der Waals surface area contributed by atoms with Gasteiger partial charge >= 0.3 is 6.03 Å². The van der Waals surface area contributed by atoms with Crippen molar-refractivity contribution in [3.8, 4) is 5.75 Å². The maximum atomic E-state index is 11.4. The summed E-state index contributed by atoms with van der Waals surface area (Å²) in [5.41, 5.74) is 1.37. The lowest BCUT2D eigenvalue weighted by Gasteiger charge is -2.20. The predicted octanol–water partition coefficient (Wildman–Crippen LogP) is 4.44. The zero-order chi connectivity index (χ0) is 17.3. The number of ether oxygens (including phenoxy) is 1. The molecule has 0 saturated heterocycles. The fraction of sp³-hybridized carbons (Fsp3) is 0.588. The van der Waals surface area contributed by atoms with Gasteiger partial charge in [-0.05, 0) is 51.9 Å². The number of urea groups is 1. The molecule has 0 spiro atoms. The van der Waals surface area contributed by atoms with E-state index in [-0.39, 0.29) is 11.4 Å². The molecule has 0 heterocycles. The Morgan fingerprint density at radius 1 is 1.22 bits per heavy atom. The molecule has 0 aliphatic carbocycles. The van der Waals surface area contributed by atoms with Crippen LogP contribution in [-0.2, 0) is 5.41 Å². The number of halogens is 2. The molecule has 2 N–H and O–H groups in total. The van der Waals surface area contributed by atoms with Gasteiger partial charge in [0.2, 0.25) is 0 Å². The summed E-state index contributed by atoms with van der Waals surface area (Å²) in [6.45, 7) is 8.26. The number of amides is 2. The number of hydrogen-bond donors (Lipinski definition) is 2. The fourth-order valence-electron chi connectivity index (χ4n) is 1.87. The van der Waals surface area contributed by atoms with E-state index >= 15 is 0 Å². The normalized spacial score (nSPS) is 11.2. The van der Waals surface area contributed by atoms with Crippen molar-refractivity contribution in [1.82, 2.24) is 10.6 Å². The molecular formula is C17H26BrClN2O2. The largest absolute Gasteiger partial charge is 0.492 e. The molecule has 1 rings (SSSR count). The molecule has 0 radical (unpaired) electrons. The van der Waals surface area contributed by atoms with Crippen molar-refractivity contribution in [2.45, 2.75) is 39.0 Å². The van der Waals surface area contributed by atoms with Crippen LogP contribution < -0.4 is 15.4 Å². The number of benzene rings is 1. The topological polar surface area (TPSA) is 50.4 Å². The standard InChI is InChI=1S/C17H26BrClN2O2/c1-17(2,3)13-6-7-15(14(18)12-13)23-11-5-10-21-16(22)20-9-4-8-19/h6-7,12H,4-5,8-11H2,1-3H3,(H2,20,21,22). The fourth-order valence-corrected chi connectivity index (χ4v) is 2.50. The maximum absolute atomic E-state index is 11.4. The predicted molar refractivity (Wildman–Crippen MR) is 99.7 cm³/mol. The SMILES string of the molecule is CC(C)(C)c1ccc(OCCCNC(=O)NCCCCl)c(Br)c1. The second kappa shape index (κ2) is 10.0. The molecule has 0 unspecified atom stereocenters. The Balaban J connectivity index is 2.27. The van der Waals surface area contributed by atoms with Crippen LogP contribution in [-0.4, -0.2) is 31.6 Å². The third-order valence-corrected chi connectivity index (χ3v) is 4.15. The summed E-state index contributed by atoms with van der Waals surface area (Å²) in [6.07, 6.45) is 1.52. The monoisotopic (exact) mass is 404 g/mol. The van der Waals surface area contributed by atoms with E-state index in [2.05, 4.69) is 59.5 Å². The first-order valence-corrected chi connectivity index (χ1v) is 9.18. The first-order valence-electron chi connectivity index (χ1n) is 7.85. The van der Waals surface area contributed by atoms with E-state index in [4.69, 9.17) is 16.3 Å². The van der Waals surface area contributed by atoms with E-state index in [1.807, 2.05) is 6.07 Å². The minimum absolute atomic E-state index is 0.113. The number of carbonyl (C=O) groups is 1. The molecule has 2 amide bonds. The summed E-state index contributed by atoms with van der Waals surface area (Å²) in [5, 5.41) is 5.53. The number of alkyl halides is 1. The summed E-state index contributed by atoms with van der Waals surface area (Å²) >= 11 is 9.10. The number of carbonyl (C=O) groups excluding carboxylic acids is 1. The van der Waals surface area contributed by atoms with Crippen molar-refractivity contribution in [3.05, 3.63) is 28.2 Å². The van der Waals surface area contributed by atoms with Crippen LogP contribution in [0.2, 0.25) is 0 Å². The van der Waals surface area contributed by atoms with Crippen LogP contribution in [0.3, 0.4) is 0 Å². The molecule has 0 saturated carbocycles. The highest BCUT2D eigenvalue weighted by Crippen LogP contribution is 2.31. The molecule has 0 bridgehead atoms. The molecule has 0 aliphatic rings. The second-order valence-corrected chi connectivity index (χ2v) is 7.55. The zero-order valence-corrected chi connectivity index (χ0v) is 16.4. The lowest BCUT2D eigenvalue weighted by molar-refractivity contribution is 0.239. The van der Waals surface area contributed by atoms with Gasteiger partial charge in [-0.25, -0.2) is 4.79 Å². The van der Waals surface area contributed by atoms with Crippen molar-refractivity contribution < 1.29 is 9.53 Å². The van der Waals surface area contributed by atoms with Gasteiger partial charge in [0.1, 0.15) is 5.75 Å². The van der Waals surface area contributed by atoms with Crippen molar-refractivity contribution in [2.75, 3.05) is 25.6 Å². The lowest BCUT2D eigenvalue weighted by Crippen LogP contribution is -2.37. The van der Waals surface area contributed by atoms with Gasteiger partial charge in [-0.15, -0.1) is 11.6 Å². The van der Waals surface area contributed by atoms with Gasteiger partial charge in [0.25, 0.3) is 0 Å². The Morgan fingerprint density at radius 2 is 1.87 bits per heavy atom. The molecule has 23 heavy (non-hydrogen) atoms. The summed E-state index contributed by atoms with van der Waals surface area (Å²) < 4.78 is 6.70. The Bertz CT molecular complexity index is 504. The van der Waals surface area contributed by atoms with Gasteiger partial charge in [0.15, 0.2) is 0 Å². The number of rotatable bonds is 8. The Morgan fingerprint density at radius 3 is 2.43 bits per heavy atom. The molecular weight excluding hydrogens is 380 g/mol. The third kappa shape index (κ3) is 7.93. The summed E-state index contributed by atoms with van der Waals surface area (Å²) in [6, 6.07) is 6.00. The first-order chi connectivity index (χ1) is 10.8. The second-order valence-electron chi connectivity index (χ2n) is 6.32. The highest BCUT2D eigenvalue weighted by atomic mass is 79.9. The average Bonchev–Trinajstić information content (AvgIpc) is 2.47. The van der Waals surface area contributed by atoms with Crippen LogP contribution in [0.15, 0.2) is 22.7 Å². The summed E-state index contributed by atoms with van der Waals surface area (Å²) in [4.78, 5) is 11.4. The van der Waals surface area contributed by atoms with Crippen molar-refractivity contribution in [1.29, 1.82) is 0 Å². The van der Waals surface area contributed by atoms with Crippen LogP contribution in [0, 0.1) is 0 Å². The lowest BCUT2D eigenvalue weighted by atomic mass is 9.87. The maximum Gasteiger partial charge on any atom is 0.314 e. The minimum Gasteiger partial charge on any atom is -0.492 e. The van der Waals surface area contributed by atoms with Crippen LogP contribution >= 0.6 is 27.5 Å². The van der Waals surface area contributed by atoms with E-state index in [0.717, 1.165) is 23.1 Å². The van der Waals surface area contributed by atoms with Gasteiger partial charge in [-0.3, -0.25) is 0 Å². The van der Waals surface area contributed by atoms with Gasteiger partial charge in [-0.1, -0.05) is 26.8 Å². The van der Waals surface area contributed by atoms with Crippen LogP contribution in [0.4, 0.5) is 4.79 Å². The molecule has 0 fully saturated rings. The Hall–Kier alpha value is -0.940. The molecule has 0 aliphatic heterocycles. The van der Waals surface area contributed by atoms with Crippen LogP contribution in [0.5, 0.6) is 5.75 Å². The average molecular weight is 406 g/mol. The minimum atomic E-state index is -0.161. The molecule has 130 valence electrons.